The Balaban J connectivity index is 1.47. The van der Waals surface area contributed by atoms with Crippen LogP contribution in [-0.2, 0) is 12.8 Å². The highest BCUT2D eigenvalue weighted by Gasteiger charge is 2.19. The molecular formula is C44H58F2N4. The lowest BCUT2D eigenvalue weighted by Crippen LogP contribution is -2.05. The fourth-order valence-corrected chi connectivity index (χ4v) is 7.12. The molecule has 6 heteroatoms. The maximum Gasteiger partial charge on any atom is 0.132 e. The van der Waals surface area contributed by atoms with Crippen molar-refractivity contribution >= 4 is 11.0 Å². The summed E-state index contributed by atoms with van der Waals surface area (Å²) in [5.74, 6) is -0.869. The third-order valence-electron chi connectivity index (χ3n) is 10.1. The number of hydrogen-bond acceptors (Lipinski definition) is 2. The van der Waals surface area contributed by atoms with E-state index in [0.717, 1.165) is 76.3 Å². The van der Waals surface area contributed by atoms with Gasteiger partial charge in [0.25, 0.3) is 0 Å². The van der Waals surface area contributed by atoms with Gasteiger partial charge < -0.3 is 9.97 Å². The van der Waals surface area contributed by atoms with Gasteiger partial charge in [-0.25, -0.2) is 18.7 Å². The highest BCUT2D eigenvalue weighted by atomic mass is 19.1. The molecule has 0 radical (unpaired) electrons. The molecule has 2 N–H and O–H groups in total. The second-order valence-electron chi connectivity index (χ2n) is 14.3. The average Bonchev–Trinajstić information content (AvgIpc) is 3.77. The van der Waals surface area contributed by atoms with E-state index in [1.165, 1.54) is 102 Å². The number of nitrogens with zero attached hydrogens (tertiary/aromatic N) is 2. The Kier molecular flexibility index (Phi) is 14.2. The van der Waals surface area contributed by atoms with Gasteiger partial charge in [0.05, 0.1) is 22.4 Å². The fourth-order valence-electron chi connectivity index (χ4n) is 7.12. The van der Waals surface area contributed by atoms with E-state index in [4.69, 9.17) is 9.97 Å². The first-order valence-electron chi connectivity index (χ1n) is 19.5. The minimum absolute atomic E-state index is 0.219. The van der Waals surface area contributed by atoms with Crippen molar-refractivity contribution in [2.24, 2.45) is 0 Å². The van der Waals surface area contributed by atoms with Crippen molar-refractivity contribution in [3.63, 3.8) is 0 Å². The van der Waals surface area contributed by atoms with E-state index in [9.17, 15) is 8.78 Å². The van der Waals surface area contributed by atoms with E-state index in [-0.39, 0.29) is 5.56 Å². The zero-order valence-electron chi connectivity index (χ0n) is 31.0. The van der Waals surface area contributed by atoms with E-state index in [1.54, 1.807) is 6.92 Å². The molecule has 5 aromatic rings. The number of nitrogens with one attached hydrogen (secondary N) is 2. The van der Waals surface area contributed by atoms with Crippen molar-refractivity contribution in [3.05, 3.63) is 82.8 Å². The second-order valence-corrected chi connectivity index (χ2v) is 14.3. The van der Waals surface area contributed by atoms with Crippen LogP contribution < -0.4 is 0 Å². The van der Waals surface area contributed by atoms with Crippen molar-refractivity contribution in [2.75, 3.05) is 0 Å². The van der Waals surface area contributed by atoms with Gasteiger partial charge >= 0.3 is 0 Å². The Bertz CT molecular complexity index is 1800. The molecule has 0 bridgehead atoms. The Morgan fingerprint density at radius 1 is 0.480 bits per heavy atom. The predicted octanol–water partition coefficient (Wildman–Crippen LogP) is 13.5. The molecule has 268 valence electrons. The summed E-state index contributed by atoms with van der Waals surface area (Å²) in [4.78, 5) is 17.8. The van der Waals surface area contributed by atoms with Gasteiger partial charge in [-0.15, -0.1) is 0 Å². The highest BCUT2D eigenvalue weighted by Crippen LogP contribution is 2.36. The van der Waals surface area contributed by atoms with Crippen molar-refractivity contribution < 1.29 is 8.78 Å². The van der Waals surface area contributed by atoms with Gasteiger partial charge in [-0.05, 0) is 93.6 Å². The Morgan fingerprint density at radius 3 is 1.40 bits per heavy atom. The summed E-state index contributed by atoms with van der Waals surface area (Å²) in [7, 11) is 0. The van der Waals surface area contributed by atoms with Gasteiger partial charge in [0, 0.05) is 39.5 Å². The maximum absolute atomic E-state index is 15.0. The van der Waals surface area contributed by atoms with Crippen molar-refractivity contribution in [1.29, 1.82) is 0 Å². The number of aromatic amines is 2. The number of aryl methyl sites for hydroxylation is 4. The first-order chi connectivity index (χ1) is 24.4. The molecule has 2 aromatic carbocycles. The Morgan fingerprint density at radius 2 is 0.920 bits per heavy atom. The quantitative estimate of drug-likeness (QED) is 0.0758. The molecule has 0 amide bonds. The zero-order valence-corrected chi connectivity index (χ0v) is 31.0. The van der Waals surface area contributed by atoms with Crippen molar-refractivity contribution in [1.82, 2.24) is 19.9 Å². The predicted molar refractivity (Wildman–Crippen MR) is 207 cm³/mol. The molecule has 0 atom stereocenters. The van der Waals surface area contributed by atoms with Gasteiger partial charge in [0.15, 0.2) is 0 Å². The number of H-pyrrole nitrogens is 2. The van der Waals surface area contributed by atoms with Gasteiger partial charge in [-0.1, -0.05) is 104 Å². The molecular weight excluding hydrogens is 623 g/mol. The number of aromatic nitrogens is 4. The van der Waals surface area contributed by atoms with Crippen LogP contribution in [0.1, 0.15) is 139 Å². The summed E-state index contributed by atoms with van der Waals surface area (Å²) < 4.78 is 29.5. The molecule has 0 aliphatic carbocycles. The molecule has 0 saturated carbocycles. The molecule has 3 aromatic heterocycles. The number of halogens is 2. The minimum Gasteiger partial charge on any atom is -0.359 e. The molecule has 3 heterocycles. The van der Waals surface area contributed by atoms with Crippen LogP contribution in [-0.4, -0.2) is 19.9 Å². The third-order valence-corrected chi connectivity index (χ3v) is 10.1. The molecule has 50 heavy (non-hydrogen) atoms. The smallest absolute Gasteiger partial charge is 0.132 e. The van der Waals surface area contributed by atoms with Gasteiger partial charge in [0.2, 0.25) is 0 Å². The van der Waals surface area contributed by atoms with Crippen LogP contribution >= 0.6 is 0 Å². The largest absolute Gasteiger partial charge is 0.359 e. The molecule has 0 saturated heterocycles. The first kappa shape index (κ1) is 37.5. The van der Waals surface area contributed by atoms with Crippen LogP contribution in [0, 0.1) is 25.5 Å². The molecule has 0 unspecified atom stereocenters. The van der Waals surface area contributed by atoms with Crippen LogP contribution in [0.3, 0.4) is 0 Å². The first-order valence-corrected chi connectivity index (χ1v) is 19.5. The van der Waals surface area contributed by atoms with E-state index >= 15 is 0 Å². The van der Waals surface area contributed by atoms with E-state index in [0.29, 0.717) is 11.3 Å². The van der Waals surface area contributed by atoms with Crippen molar-refractivity contribution in [3.8, 4) is 33.8 Å². The maximum atomic E-state index is 15.0. The topological polar surface area (TPSA) is 57.4 Å². The monoisotopic (exact) mass is 680 g/mol. The van der Waals surface area contributed by atoms with E-state index < -0.39 is 11.6 Å². The SMILES string of the molecule is CCCCCCCCCCc1nc2c(-c3ccc(C)[nH]3)ccc(-c3ccc(-c4cc(F)c(C)cc4F)[nH]3)c2nc1CCCCCCCCCC. The van der Waals surface area contributed by atoms with E-state index in [2.05, 4.69) is 55.0 Å². The second kappa shape index (κ2) is 19.0. The number of hydrogen-bond donors (Lipinski definition) is 2. The van der Waals surface area contributed by atoms with Crippen LogP contribution in [0.5, 0.6) is 0 Å². The molecule has 0 spiro atoms. The fraction of sp³-hybridized carbons (Fsp3) is 0.500. The Labute approximate surface area is 299 Å². The Hall–Kier alpha value is -3.80. The lowest BCUT2D eigenvalue weighted by Gasteiger charge is -2.15. The molecule has 0 aliphatic rings. The summed E-state index contributed by atoms with van der Waals surface area (Å²) in [5.41, 5.74) is 9.85. The molecule has 0 fully saturated rings. The summed E-state index contributed by atoms with van der Waals surface area (Å²) in [6.45, 7) is 8.18. The highest BCUT2D eigenvalue weighted by molar-refractivity contribution is 5.99. The van der Waals surface area contributed by atoms with Crippen LogP contribution in [0.15, 0.2) is 48.5 Å². The molecule has 0 aliphatic heterocycles. The van der Waals surface area contributed by atoms with Crippen LogP contribution in [0.25, 0.3) is 44.8 Å². The summed E-state index contributed by atoms with van der Waals surface area (Å²) >= 11 is 0. The summed E-state index contributed by atoms with van der Waals surface area (Å²) in [6, 6.07) is 14.7. The number of unbranched alkanes of at least 4 members (excludes halogenated alkanes) is 14. The standard InChI is InChI=1S/C44H58F2N4/c1-5-7-9-11-13-15-17-19-21-41-42(22-20-18-16-14-12-10-8-6-2)50-44-34(25-24-33(43(44)49-41)38-26-23-32(4)47-38)39-27-28-40(48-39)35-30-36(45)31(3)29-37(35)46/h23-30,47-48H,5-22H2,1-4H3. The van der Waals surface area contributed by atoms with Crippen molar-refractivity contribution in [2.45, 2.75) is 143 Å². The van der Waals surface area contributed by atoms with Gasteiger partial charge in [0.1, 0.15) is 11.6 Å². The number of benzene rings is 2. The molecule has 4 nitrogen and oxygen atoms in total. The number of fused-ring (bicyclic) bond motifs is 1. The van der Waals surface area contributed by atoms with Gasteiger partial charge in [-0.3, -0.25) is 0 Å². The zero-order chi connectivity index (χ0) is 35.3. The lowest BCUT2D eigenvalue weighted by atomic mass is 10.00. The lowest BCUT2D eigenvalue weighted by molar-refractivity contribution is 0.567. The summed E-state index contributed by atoms with van der Waals surface area (Å²) in [6.07, 6.45) is 22.2. The molecule has 5 rings (SSSR count). The average molecular weight is 681 g/mol. The normalized spacial score (nSPS) is 11.6. The van der Waals surface area contributed by atoms with Crippen LogP contribution in [0.2, 0.25) is 0 Å². The summed E-state index contributed by atoms with van der Waals surface area (Å²) in [5, 5.41) is 0. The number of rotatable bonds is 21. The van der Waals surface area contributed by atoms with E-state index in [1.807, 2.05) is 12.1 Å². The van der Waals surface area contributed by atoms with Crippen LogP contribution in [0.4, 0.5) is 8.78 Å². The minimum atomic E-state index is -0.447. The third kappa shape index (κ3) is 9.92. The van der Waals surface area contributed by atoms with Gasteiger partial charge in [-0.2, -0.15) is 0 Å².